The quantitative estimate of drug-likeness (QED) is 0.274. The number of carbonyl (C=O) groups is 2. The van der Waals surface area contributed by atoms with Crippen molar-refractivity contribution in [2.45, 2.75) is 24.7 Å². The van der Waals surface area contributed by atoms with Crippen molar-refractivity contribution in [1.82, 2.24) is 0 Å². The fourth-order valence-electron chi connectivity index (χ4n) is 2.09. The van der Waals surface area contributed by atoms with E-state index in [-0.39, 0.29) is 5.12 Å². The minimum absolute atomic E-state index is 0.00411. The second kappa shape index (κ2) is 10.5. The van der Waals surface area contributed by atoms with Gasteiger partial charge in [0.1, 0.15) is 5.75 Å². The first-order valence-corrected chi connectivity index (χ1v) is 9.21. The average Bonchev–Trinajstić information content (AvgIpc) is 2.66. The predicted octanol–water partition coefficient (Wildman–Crippen LogP) is 4.82. The second-order valence-electron chi connectivity index (χ2n) is 5.65. The molecule has 0 saturated heterocycles. The molecule has 0 aliphatic rings. The maximum atomic E-state index is 12.3. The lowest BCUT2D eigenvalue weighted by molar-refractivity contribution is -0.137. The lowest BCUT2D eigenvalue weighted by Gasteiger charge is -2.07. The molecule has 0 heterocycles. The lowest BCUT2D eigenvalue weighted by Crippen LogP contribution is -2.04. The third-order valence-electron chi connectivity index (χ3n) is 3.54. The number of carbonyl (C=O) groups excluding carboxylic acids is 2. The smallest absolute Gasteiger partial charge is 0.330 e. The van der Waals surface area contributed by atoms with Gasteiger partial charge < -0.3 is 9.47 Å². The molecule has 0 fully saturated rings. The molecule has 0 aliphatic heterocycles. The number of esters is 1. The minimum Gasteiger partial charge on any atom is -0.494 e. The Hall–Kier alpha value is -2.53. The third-order valence-corrected chi connectivity index (χ3v) is 4.47. The molecule has 2 rings (SSSR count). The molecule has 136 valence electrons. The lowest BCUT2D eigenvalue weighted by atomic mass is 10.2. The van der Waals surface area contributed by atoms with Crippen molar-refractivity contribution in [2.75, 3.05) is 13.2 Å². The summed E-state index contributed by atoms with van der Waals surface area (Å²) in [5, 5.41) is 0.00411. The van der Waals surface area contributed by atoms with E-state index in [1.165, 1.54) is 17.3 Å². The molecule has 5 heteroatoms. The van der Waals surface area contributed by atoms with E-state index in [4.69, 9.17) is 9.47 Å². The minimum atomic E-state index is -0.408. The molecule has 0 spiro atoms. The molecule has 0 aliphatic carbocycles. The zero-order valence-corrected chi connectivity index (χ0v) is 15.6. The first-order chi connectivity index (χ1) is 12.6. The molecule has 0 unspecified atom stereocenters. The van der Waals surface area contributed by atoms with Crippen LogP contribution < -0.4 is 4.74 Å². The Balaban J connectivity index is 1.73. The van der Waals surface area contributed by atoms with Crippen LogP contribution in [0.2, 0.25) is 0 Å². The molecule has 0 bridgehead atoms. The zero-order valence-electron chi connectivity index (χ0n) is 14.8. The van der Waals surface area contributed by atoms with Crippen LogP contribution in [0.15, 0.2) is 66.1 Å². The molecule has 0 amide bonds. The van der Waals surface area contributed by atoms with Gasteiger partial charge in [-0.15, -0.1) is 0 Å². The van der Waals surface area contributed by atoms with Crippen molar-refractivity contribution in [1.29, 1.82) is 0 Å². The van der Waals surface area contributed by atoms with Crippen molar-refractivity contribution >= 4 is 22.8 Å². The largest absolute Gasteiger partial charge is 0.494 e. The number of hydrogen-bond acceptors (Lipinski definition) is 5. The van der Waals surface area contributed by atoms with E-state index in [9.17, 15) is 9.59 Å². The highest BCUT2D eigenvalue weighted by Gasteiger charge is 2.08. The molecule has 0 N–H and O–H groups in total. The van der Waals surface area contributed by atoms with Gasteiger partial charge in [0.05, 0.1) is 13.2 Å². The Morgan fingerprint density at radius 1 is 1.00 bits per heavy atom. The van der Waals surface area contributed by atoms with E-state index in [2.05, 4.69) is 6.58 Å². The van der Waals surface area contributed by atoms with Gasteiger partial charge in [-0.2, -0.15) is 0 Å². The SMILES string of the molecule is C=CC(=O)OCCCCOc1ccc(C(=O)Sc2ccc(C)cc2)cc1. The molecular formula is C21H22O4S. The molecular weight excluding hydrogens is 348 g/mol. The summed E-state index contributed by atoms with van der Waals surface area (Å²) in [7, 11) is 0. The fourth-order valence-corrected chi connectivity index (χ4v) is 2.83. The van der Waals surface area contributed by atoms with Gasteiger partial charge in [0.15, 0.2) is 0 Å². The topological polar surface area (TPSA) is 52.6 Å². The number of benzene rings is 2. The Morgan fingerprint density at radius 3 is 2.31 bits per heavy atom. The van der Waals surface area contributed by atoms with Crippen molar-refractivity contribution in [2.24, 2.45) is 0 Å². The first-order valence-electron chi connectivity index (χ1n) is 8.39. The summed E-state index contributed by atoms with van der Waals surface area (Å²) in [6.07, 6.45) is 2.65. The second-order valence-corrected chi connectivity index (χ2v) is 6.70. The van der Waals surface area contributed by atoms with Crippen molar-refractivity contribution in [3.05, 3.63) is 72.3 Å². The monoisotopic (exact) mass is 370 g/mol. The third kappa shape index (κ3) is 6.76. The highest BCUT2D eigenvalue weighted by Crippen LogP contribution is 2.24. The Labute approximate surface area is 158 Å². The van der Waals surface area contributed by atoms with Crippen LogP contribution in [0, 0.1) is 6.92 Å². The van der Waals surface area contributed by atoms with Crippen LogP contribution >= 0.6 is 11.8 Å². The normalized spacial score (nSPS) is 10.2. The number of hydrogen-bond donors (Lipinski definition) is 0. The van der Waals surface area contributed by atoms with E-state index in [1.807, 2.05) is 31.2 Å². The van der Waals surface area contributed by atoms with Gasteiger partial charge in [-0.25, -0.2) is 4.79 Å². The Morgan fingerprint density at radius 2 is 1.65 bits per heavy atom. The highest BCUT2D eigenvalue weighted by atomic mass is 32.2. The van der Waals surface area contributed by atoms with Gasteiger partial charge in [-0.1, -0.05) is 24.3 Å². The number of ether oxygens (including phenoxy) is 2. The molecule has 0 saturated carbocycles. The van der Waals surface area contributed by atoms with Gasteiger partial charge in [0.2, 0.25) is 5.12 Å². The summed E-state index contributed by atoms with van der Waals surface area (Å²) in [5.74, 6) is 0.305. The molecule has 2 aromatic carbocycles. The van der Waals surface area contributed by atoms with Crippen LogP contribution in [0.3, 0.4) is 0 Å². The number of thioether (sulfide) groups is 1. The predicted molar refractivity (Wildman–Crippen MR) is 104 cm³/mol. The van der Waals surface area contributed by atoms with Crippen LogP contribution in [0.4, 0.5) is 0 Å². The molecule has 0 atom stereocenters. The van der Waals surface area contributed by atoms with Crippen molar-refractivity contribution in [3.8, 4) is 5.75 Å². The van der Waals surface area contributed by atoms with Gasteiger partial charge in [0, 0.05) is 16.5 Å². The number of rotatable bonds is 9. The Kier molecular flexibility index (Phi) is 7.96. The summed E-state index contributed by atoms with van der Waals surface area (Å²) in [5.41, 5.74) is 1.81. The van der Waals surface area contributed by atoms with Crippen LogP contribution in [0.5, 0.6) is 5.75 Å². The van der Waals surface area contributed by atoms with Crippen LogP contribution in [0.25, 0.3) is 0 Å². The fraction of sp³-hybridized carbons (Fsp3) is 0.238. The number of aryl methyl sites for hydroxylation is 1. The molecule has 2 aromatic rings. The maximum absolute atomic E-state index is 12.3. The summed E-state index contributed by atoms with van der Waals surface area (Å²) >= 11 is 1.21. The van der Waals surface area contributed by atoms with E-state index >= 15 is 0 Å². The van der Waals surface area contributed by atoms with Gasteiger partial charge in [0.25, 0.3) is 0 Å². The molecule has 26 heavy (non-hydrogen) atoms. The summed E-state index contributed by atoms with van der Waals surface area (Å²) in [4.78, 5) is 24.1. The van der Waals surface area contributed by atoms with Crippen LogP contribution in [-0.2, 0) is 9.53 Å². The van der Waals surface area contributed by atoms with Gasteiger partial charge in [-0.05, 0) is 67.9 Å². The standard InChI is InChI=1S/C21H22O4S/c1-3-20(22)25-15-5-4-14-24-18-10-8-17(9-11-18)21(23)26-19-12-6-16(2)7-13-19/h3,6-13H,1,4-5,14-15H2,2H3. The maximum Gasteiger partial charge on any atom is 0.330 e. The van der Waals surface area contributed by atoms with E-state index in [0.717, 1.165) is 23.8 Å². The van der Waals surface area contributed by atoms with Crippen LogP contribution in [-0.4, -0.2) is 24.3 Å². The number of unbranched alkanes of at least 4 members (excludes halogenated alkanes) is 1. The van der Waals surface area contributed by atoms with Crippen molar-refractivity contribution in [3.63, 3.8) is 0 Å². The average molecular weight is 370 g/mol. The zero-order chi connectivity index (χ0) is 18.8. The Bertz CT molecular complexity index is 736. The van der Waals surface area contributed by atoms with E-state index in [1.54, 1.807) is 24.3 Å². The molecule has 4 nitrogen and oxygen atoms in total. The van der Waals surface area contributed by atoms with Crippen molar-refractivity contribution < 1.29 is 19.1 Å². The molecule has 0 radical (unpaired) electrons. The molecule has 0 aromatic heterocycles. The van der Waals surface area contributed by atoms with Gasteiger partial charge >= 0.3 is 5.97 Å². The summed E-state index contributed by atoms with van der Waals surface area (Å²) < 4.78 is 10.5. The van der Waals surface area contributed by atoms with E-state index in [0.29, 0.717) is 24.5 Å². The summed E-state index contributed by atoms with van der Waals surface area (Å²) in [6.45, 7) is 6.24. The summed E-state index contributed by atoms with van der Waals surface area (Å²) in [6, 6.07) is 15.0. The first kappa shape index (κ1) is 19.8. The van der Waals surface area contributed by atoms with Gasteiger partial charge in [-0.3, -0.25) is 4.79 Å². The van der Waals surface area contributed by atoms with Crippen LogP contribution in [0.1, 0.15) is 28.8 Å². The van der Waals surface area contributed by atoms with E-state index < -0.39 is 5.97 Å². The highest BCUT2D eigenvalue weighted by molar-refractivity contribution is 8.14.